The molecule has 2 aromatic carbocycles. The van der Waals surface area contributed by atoms with Gasteiger partial charge in [0.05, 0.1) is 0 Å². The van der Waals surface area contributed by atoms with Crippen LogP contribution in [0.4, 0.5) is 0 Å². The van der Waals surface area contributed by atoms with Crippen LogP contribution in [-0.2, 0) is 25.5 Å². The fourth-order valence-corrected chi connectivity index (χ4v) is 7.65. The molecule has 0 saturated carbocycles. The predicted octanol–water partition coefficient (Wildman–Crippen LogP) is 3.81. The number of halogens is 2. The Morgan fingerprint density at radius 3 is 2.44 bits per heavy atom. The maximum absolute atomic E-state index is 6.21. The first kappa shape index (κ1) is 11.0. The summed E-state index contributed by atoms with van der Waals surface area (Å²) in [6.45, 7) is 0. The van der Waals surface area contributed by atoms with Gasteiger partial charge in [0.1, 0.15) is 0 Å². The van der Waals surface area contributed by atoms with Gasteiger partial charge in [-0.1, -0.05) is 0 Å². The molecule has 0 unspecified atom stereocenters. The Morgan fingerprint density at radius 1 is 0.875 bits per heavy atom. The molecule has 3 heteroatoms. The normalized spacial score (nSPS) is 12.1. The maximum atomic E-state index is 6.21. The van der Waals surface area contributed by atoms with Gasteiger partial charge in [0.25, 0.3) is 0 Å². The van der Waals surface area contributed by atoms with E-state index in [1.165, 1.54) is 25.6 Å². The molecular formula is C13H9Cl2Hf. The third-order valence-corrected chi connectivity index (χ3v) is 9.53. The number of hydrogen-bond donors (Lipinski definition) is 0. The van der Waals surface area contributed by atoms with Gasteiger partial charge in [0, 0.05) is 0 Å². The zero-order chi connectivity index (χ0) is 11.1. The zero-order valence-electron chi connectivity index (χ0n) is 8.50. The van der Waals surface area contributed by atoms with Gasteiger partial charge in [-0.2, -0.15) is 0 Å². The summed E-state index contributed by atoms with van der Waals surface area (Å²) in [6, 6.07) is 14.9. The van der Waals surface area contributed by atoms with E-state index in [1.54, 1.807) is 0 Å². The van der Waals surface area contributed by atoms with Crippen LogP contribution in [0.1, 0.15) is 11.1 Å². The van der Waals surface area contributed by atoms with Crippen LogP contribution in [-0.4, -0.2) is 0 Å². The molecule has 0 aliphatic heterocycles. The summed E-state index contributed by atoms with van der Waals surface area (Å²) in [4.78, 5) is 0. The number of rotatable bonds is 1. The second-order valence-corrected chi connectivity index (χ2v) is 15.5. The van der Waals surface area contributed by atoms with E-state index in [4.69, 9.17) is 17.2 Å². The van der Waals surface area contributed by atoms with Crippen molar-refractivity contribution in [2.24, 2.45) is 0 Å². The Kier molecular flexibility index (Phi) is 2.95. The van der Waals surface area contributed by atoms with Gasteiger partial charge in [0.15, 0.2) is 0 Å². The molecule has 0 fully saturated rings. The van der Waals surface area contributed by atoms with Gasteiger partial charge in [-0.05, 0) is 0 Å². The third kappa shape index (κ3) is 1.70. The Hall–Kier alpha value is -0.110. The Balaban J connectivity index is 2.24. The van der Waals surface area contributed by atoms with E-state index in [-0.39, 0.29) is 0 Å². The van der Waals surface area contributed by atoms with E-state index >= 15 is 0 Å². The minimum absolute atomic E-state index is 0.995. The topological polar surface area (TPSA) is 0 Å². The molecule has 0 aromatic heterocycles. The van der Waals surface area contributed by atoms with Crippen molar-refractivity contribution in [3.8, 4) is 11.1 Å². The van der Waals surface area contributed by atoms with Crippen LogP contribution in [0.2, 0.25) is 0 Å². The average molecular weight is 415 g/mol. The van der Waals surface area contributed by atoms with Crippen LogP contribution in [0.5, 0.6) is 0 Å². The van der Waals surface area contributed by atoms with E-state index < -0.39 is 19.1 Å². The van der Waals surface area contributed by atoms with Crippen LogP contribution in [0.15, 0.2) is 42.5 Å². The summed E-state index contributed by atoms with van der Waals surface area (Å²) < 4.78 is 1.25. The molecule has 3 rings (SSSR count). The average Bonchev–Trinajstić information content (AvgIpc) is 2.67. The Labute approximate surface area is 110 Å². The number of benzene rings is 2. The molecule has 2 aromatic rings. The van der Waals surface area contributed by atoms with Gasteiger partial charge in [-0.25, -0.2) is 0 Å². The van der Waals surface area contributed by atoms with E-state index in [9.17, 15) is 0 Å². The Morgan fingerprint density at radius 2 is 1.62 bits per heavy atom. The first-order chi connectivity index (χ1) is 7.77. The van der Waals surface area contributed by atoms with Gasteiger partial charge in [0.2, 0.25) is 0 Å². The fourth-order valence-electron chi connectivity index (χ4n) is 2.33. The van der Waals surface area contributed by atoms with Gasteiger partial charge in [-0.3, -0.25) is 0 Å². The van der Waals surface area contributed by atoms with Crippen LogP contribution in [0.25, 0.3) is 11.1 Å². The molecule has 1 aliphatic carbocycles. The molecule has 0 nitrogen and oxygen atoms in total. The number of hydrogen-bond acceptors (Lipinski definition) is 0. The van der Waals surface area contributed by atoms with Gasteiger partial charge >= 0.3 is 111 Å². The van der Waals surface area contributed by atoms with E-state index in [1.807, 2.05) is 0 Å². The molecule has 0 atom stereocenters. The summed E-state index contributed by atoms with van der Waals surface area (Å²) >= 11 is -2.46. The fraction of sp³-hybridized carbons (Fsp3) is 0.0769. The summed E-state index contributed by atoms with van der Waals surface area (Å²) in [5.74, 6) is 0. The van der Waals surface area contributed by atoms with E-state index in [2.05, 4.69) is 42.5 Å². The quantitative estimate of drug-likeness (QED) is 0.531. The molecule has 16 heavy (non-hydrogen) atoms. The second kappa shape index (κ2) is 4.29. The molecule has 0 radical (unpaired) electrons. The van der Waals surface area contributed by atoms with Crippen LogP contribution < -0.4 is 3.32 Å². The van der Waals surface area contributed by atoms with Crippen molar-refractivity contribution in [2.75, 3.05) is 0 Å². The minimum atomic E-state index is -2.46. The van der Waals surface area contributed by atoms with Crippen molar-refractivity contribution in [2.45, 2.75) is 6.42 Å². The van der Waals surface area contributed by atoms with Crippen LogP contribution in [0.3, 0.4) is 0 Å². The molecule has 0 N–H and O–H groups in total. The summed E-state index contributed by atoms with van der Waals surface area (Å²) in [7, 11) is 12.4. The van der Waals surface area contributed by atoms with E-state index in [0.29, 0.717) is 0 Å². The molecule has 1 aliphatic rings. The zero-order valence-corrected chi connectivity index (χ0v) is 13.6. The summed E-state index contributed by atoms with van der Waals surface area (Å²) in [5, 5.41) is 0. The predicted molar refractivity (Wildman–Crippen MR) is 66.0 cm³/mol. The molecule has 0 amide bonds. The number of fused-ring (bicyclic) bond motifs is 3. The Bertz CT molecular complexity index is 549. The SMILES string of the molecule is [Cl][Hf]([Cl])[c]1cccc2c1Cc1ccccc1-2. The summed E-state index contributed by atoms with van der Waals surface area (Å²) in [5.41, 5.74) is 5.44. The van der Waals surface area contributed by atoms with Crippen molar-refractivity contribution < 1.29 is 19.1 Å². The molecule has 79 valence electrons. The molecule has 0 bridgehead atoms. The standard InChI is InChI=1S/C13H9.2ClH.Hf/c1-3-7-12-10(5-1)9-11-6-2-4-8-13(11)12;;;/h1-5,7-8H,9H2;2*1H;/q;;;+2/p-2. The van der Waals surface area contributed by atoms with Crippen molar-refractivity contribution in [3.63, 3.8) is 0 Å². The van der Waals surface area contributed by atoms with Gasteiger partial charge < -0.3 is 0 Å². The van der Waals surface area contributed by atoms with Crippen LogP contribution >= 0.6 is 17.2 Å². The molecular weight excluding hydrogens is 406 g/mol. The third-order valence-electron chi connectivity index (χ3n) is 3.05. The molecule has 0 spiro atoms. The van der Waals surface area contributed by atoms with Crippen LogP contribution in [0, 0.1) is 0 Å². The van der Waals surface area contributed by atoms with Gasteiger partial charge in [-0.15, -0.1) is 0 Å². The molecule has 0 heterocycles. The monoisotopic (exact) mass is 415 g/mol. The van der Waals surface area contributed by atoms with Crippen molar-refractivity contribution in [1.29, 1.82) is 0 Å². The van der Waals surface area contributed by atoms with Crippen molar-refractivity contribution in [3.05, 3.63) is 53.6 Å². The van der Waals surface area contributed by atoms with Crippen molar-refractivity contribution >= 4 is 20.5 Å². The van der Waals surface area contributed by atoms with Crippen molar-refractivity contribution in [1.82, 2.24) is 0 Å². The second-order valence-electron chi connectivity index (χ2n) is 3.93. The van der Waals surface area contributed by atoms with E-state index in [0.717, 1.165) is 6.42 Å². The molecule has 0 saturated heterocycles. The first-order valence-electron chi connectivity index (χ1n) is 5.16. The first-order valence-corrected chi connectivity index (χ1v) is 15.9. The summed E-state index contributed by atoms with van der Waals surface area (Å²) in [6.07, 6.45) is 0.995.